The maximum absolute atomic E-state index is 11.8. The Hall–Kier alpha value is -1.30. The summed E-state index contributed by atoms with van der Waals surface area (Å²) in [4.78, 5) is 25.0. The molecule has 1 aliphatic heterocycles. The predicted molar refractivity (Wildman–Crippen MR) is 77.2 cm³/mol. The van der Waals surface area contributed by atoms with Crippen molar-refractivity contribution >= 4 is 12.0 Å². The quantitative estimate of drug-likeness (QED) is 0.765. The van der Waals surface area contributed by atoms with Gasteiger partial charge in [0.1, 0.15) is 0 Å². The van der Waals surface area contributed by atoms with E-state index in [-0.39, 0.29) is 18.0 Å². The van der Waals surface area contributed by atoms with Crippen molar-refractivity contribution in [1.82, 2.24) is 10.2 Å². The first-order valence-electron chi connectivity index (χ1n) is 7.48. The molecule has 0 saturated carbocycles. The van der Waals surface area contributed by atoms with Crippen LogP contribution in [0.15, 0.2) is 0 Å². The van der Waals surface area contributed by atoms with Gasteiger partial charge in [-0.15, -0.1) is 0 Å². The molecule has 1 saturated heterocycles. The molecule has 0 radical (unpaired) electrons. The van der Waals surface area contributed by atoms with Crippen LogP contribution in [0.25, 0.3) is 0 Å². The van der Waals surface area contributed by atoms with E-state index >= 15 is 0 Å². The fourth-order valence-electron chi connectivity index (χ4n) is 2.22. The smallest absolute Gasteiger partial charge is 0.409 e. The van der Waals surface area contributed by atoms with Crippen molar-refractivity contribution in [2.24, 2.45) is 11.7 Å². The van der Waals surface area contributed by atoms with Crippen LogP contribution in [0.2, 0.25) is 0 Å². The van der Waals surface area contributed by atoms with Crippen LogP contribution in [0.5, 0.6) is 0 Å². The number of ether oxygens (including phenoxy) is 1. The maximum atomic E-state index is 11.8. The predicted octanol–water partition coefficient (Wildman–Crippen LogP) is 1.10. The van der Waals surface area contributed by atoms with Crippen LogP contribution in [0.1, 0.15) is 39.5 Å². The summed E-state index contributed by atoms with van der Waals surface area (Å²) >= 11 is 0. The number of nitrogens with two attached hydrogens (primary N) is 1. The number of amides is 2. The molecule has 0 aromatic heterocycles. The standard InChI is InChI=1S/C14H27N3O3/c1-3-20-14(19)17-8-6-12(7-9-17)16-13(18)5-4-11(2)10-15/h11-12H,3-10,15H2,1-2H3,(H,16,18). The van der Waals surface area contributed by atoms with E-state index in [2.05, 4.69) is 5.32 Å². The highest BCUT2D eigenvalue weighted by Gasteiger charge is 2.24. The molecule has 1 heterocycles. The Morgan fingerprint density at radius 3 is 2.60 bits per heavy atom. The zero-order valence-electron chi connectivity index (χ0n) is 12.6. The monoisotopic (exact) mass is 285 g/mol. The second-order valence-electron chi connectivity index (χ2n) is 5.41. The molecule has 6 nitrogen and oxygen atoms in total. The third-order valence-electron chi connectivity index (χ3n) is 3.65. The van der Waals surface area contributed by atoms with Crippen LogP contribution in [0.3, 0.4) is 0 Å². The number of carbonyl (C=O) groups is 2. The summed E-state index contributed by atoms with van der Waals surface area (Å²) in [6, 6.07) is 0.168. The minimum Gasteiger partial charge on any atom is -0.450 e. The highest BCUT2D eigenvalue weighted by Crippen LogP contribution is 2.12. The molecule has 0 aromatic rings. The van der Waals surface area contributed by atoms with Gasteiger partial charge in [-0.2, -0.15) is 0 Å². The Morgan fingerprint density at radius 2 is 2.05 bits per heavy atom. The van der Waals surface area contributed by atoms with Crippen molar-refractivity contribution in [3.05, 3.63) is 0 Å². The summed E-state index contributed by atoms with van der Waals surface area (Å²) in [5.74, 6) is 0.464. The van der Waals surface area contributed by atoms with E-state index in [9.17, 15) is 9.59 Å². The van der Waals surface area contributed by atoms with Gasteiger partial charge in [0.2, 0.25) is 5.91 Å². The summed E-state index contributed by atoms with van der Waals surface area (Å²) < 4.78 is 4.96. The van der Waals surface area contributed by atoms with Gasteiger partial charge in [-0.05, 0) is 38.6 Å². The van der Waals surface area contributed by atoms with Crippen LogP contribution in [-0.4, -0.2) is 49.2 Å². The minimum atomic E-state index is -0.256. The molecule has 1 aliphatic rings. The SMILES string of the molecule is CCOC(=O)N1CCC(NC(=O)CCC(C)CN)CC1. The molecule has 0 bridgehead atoms. The number of nitrogens with zero attached hydrogens (tertiary/aromatic N) is 1. The van der Waals surface area contributed by atoms with E-state index in [1.807, 2.05) is 6.92 Å². The highest BCUT2D eigenvalue weighted by atomic mass is 16.6. The Balaban J connectivity index is 2.21. The summed E-state index contributed by atoms with van der Waals surface area (Å²) in [5.41, 5.74) is 5.53. The zero-order chi connectivity index (χ0) is 15.0. The van der Waals surface area contributed by atoms with E-state index in [0.29, 0.717) is 38.6 Å². The van der Waals surface area contributed by atoms with Crippen LogP contribution in [0, 0.1) is 5.92 Å². The van der Waals surface area contributed by atoms with Gasteiger partial charge in [0.25, 0.3) is 0 Å². The first-order chi connectivity index (χ1) is 9.56. The van der Waals surface area contributed by atoms with E-state index in [4.69, 9.17) is 10.5 Å². The average molecular weight is 285 g/mol. The molecule has 3 N–H and O–H groups in total. The highest BCUT2D eigenvalue weighted by molar-refractivity contribution is 5.76. The van der Waals surface area contributed by atoms with E-state index in [0.717, 1.165) is 19.3 Å². The summed E-state index contributed by atoms with van der Waals surface area (Å²) in [5, 5.41) is 3.03. The Morgan fingerprint density at radius 1 is 1.40 bits per heavy atom. The fraction of sp³-hybridized carbons (Fsp3) is 0.857. The number of hydrogen-bond donors (Lipinski definition) is 2. The number of carbonyl (C=O) groups excluding carboxylic acids is 2. The lowest BCUT2D eigenvalue weighted by Crippen LogP contribution is -2.46. The third-order valence-corrected chi connectivity index (χ3v) is 3.65. The molecular weight excluding hydrogens is 258 g/mol. The third kappa shape index (κ3) is 5.77. The van der Waals surface area contributed by atoms with Crippen molar-refractivity contribution in [1.29, 1.82) is 0 Å². The number of nitrogens with one attached hydrogen (secondary N) is 1. The lowest BCUT2D eigenvalue weighted by molar-refractivity contribution is -0.122. The number of hydrogen-bond acceptors (Lipinski definition) is 4. The molecule has 1 atom stereocenters. The van der Waals surface area contributed by atoms with Gasteiger partial charge in [0.15, 0.2) is 0 Å². The van der Waals surface area contributed by atoms with Crippen LogP contribution in [0.4, 0.5) is 4.79 Å². The van der Waals surface area contributed by atoms with Crippen molar-refractivity contribution in [2.75, 3.05) is 26.2 Å². The Kier molecular flexibility index (Phi) is 7.36. The molecule has 1 fully saturated rings. The van der Waals surface area contributed by atoms with Crippen molar-refractivity contribution in [3.63, 3.8) is 0 Å². The average Bonchev–Trinajstić information content (AvgIpc) is 2.45. The van der Waals surface area contributed by atoms with E-state index in [1.165, 1.54) is 0 Å². The molecular formula is C14H27N3O3. The molecule has 20 heavy (non-hydrogen) atoms. The first-order valence-corrected chi connectivity index (χ1v) is 7.48. The van der Waals surface area contributed by atoms with Crippen LogP contribution >= 0.6 is 0 Å². The molecule has 0 aliphatic carbocycles. The Bertz CT molecular complexity index is 315. The maximum Gasteiger partial charge on any atom is 0.409 e. The summed E-state index contributed by atoms with van der Waals surface area (Å²) in [7, 11) is 0. The topological polar surface area (TPSA) is 84.7 Å². The van der Waals surface area contributed by atoms with E-state index in [1.54, 1.807) is 11.8 Å². The van der Waals surface area contributed by atoms with Crippen molar-refractivity contribution in [3.8, 4) is 0 Å². The molecule has 116 valence electrons. The second-order valence-corrected chi connectivity index (χ2v) is 5.41. The van der Waals surface area contributed by atoms with Gasteiger partial charge in [0, 0.05) is 25.6 Å². The van der Waals surface area contributed by atoms with Crippen LogP contribution in [-0.2, 0) is 9.53 Å². The second kappa shape index (κ2) is 8.79. The molecule has 1 rings (SSSR count). The van der Waals surface area contributed by atoms with Gasteiger partial charge >= 0.3 is 6.09 Å². The summed E-state index contributed by atoms with van der Waals surface area (Å²) in [6.07, 6.45) is 2.67. The van der Waals surface area contributed by atoms with Crippen molar-refractivity contribution < 1.29 is 14.3 Å². The summed E-state index contributed by atoms with van der Waals surface area (Å²) in [6.45, 7) is 6.14. The number of piperidine rings is 1. The number of likely N-dealkylation sites (tertiary alicyclic amines) is 1. The molecule has 2 amide bonds. The van der Waals surface area contributed by atoms with Gasteiger partial charge in [-0.25, -0.2) is 4.79 Å². The fourth-order valence-corrected chi connectivity index (χ4v) is 2.22. The van der Waals surface area contributed by atoms with Crippen LogP contribution < -0.4 is 11.1 Å². The molecule has 0 spiro atoms. The number of rotatable bonds is 6. The largest absolute Gasteiger partial charge is 0.450 e. The van der Waals surface area contributed by atoms with E-state index < -0.39 is 0 Å². The van der Waals surface area contributed by atoms with Gasteiger partial charge in [0.05, 0.1) is 6.61 Å². The minimum absolute atomic E-state index is 0.0832. The van der Waals surface area contributed by atoms with Gasteiger partial charge in [-0.1, -0.05) is 6.92 Å². The molecule has 1 unspecified atom stereocenters. The zero-order valence-corrected chi connectivity index (χ0v) is 12.6. The molecule has 0 aromatic carbocycles. The Labute approximate surface area is 121 Å². The van der Waals surface area contributed by atoms with Crippen molar-refractivity contribution in [2.45, 2.75) is 45.6 Å². The first kappa shape index (κ1) is 16.8. The lowest BCUT2D eigenvalue weighted by atomic mass is 10.0. The van der Waals surface area contributed by atoms with Gasteiger partial charge < -0.3 is 20.7 Å². The molecule has 6 heteroatoms. The lowest BCUT2D eigenvalue weighted by Gasteiger charge is -2.31. The van der Waals surface area contributed by atoms with Gasteiger partial charge in [-0.3, -0.25) is 4.79 Å². The normalized spacial score (nSPS) is 17.6.